The quantitative estimate of drug-likeness (QED) is 0.794. The fraction of sp³-hybridized carbons (Fsp3) is 0.857. The average Bonchev–Trinajstić information content (AvgIpc) is 2.68. The number of aliphatic carboxylic acids is 1. The van der Waals surface area contributed by atoms with E-state index in [2.05, 4.69) is 0 Å². The Morgan fingerprint density at radius 1 is 1.21 bits per heavy atom. The normalized spacial score (nSPS) is 30.9. The molecule has 1 aliphatic carbocycles. The minimum absolute atomic E-state index is 0.172. The number of nitrogens with zero attached hydrogens (tertiary/aromatic N) is 1. The number of rotatable bonds is 1. The Bertz CT molecular complexity index is 374. The lowest BCUT2D eigenvalue weighted by Gasteiger charge is -2.35. The van der Waals surface area contributed by atoms with Gasteiger partial charge < -0.3 is 14.7 Å². The predicted octanol–water partition coefficient (Wildman–Crippen LogP) is 2.50. The summed E-state index contributed by atoms with van der Waals surface area (Å²) in [5.74, 6) is -0.614. The lowest BCUT2D eigenvalue weighted by Crippen LogP contribution is -2.43. The molecule has 5 heteroatoms. The van der Waals surface area contributed by atoms with Gasteiger partial charge in [0, 0.05) is 12.6 Å². The van der Waals surface area contributed by atoms with Crippen LogP contribution in [-0.2, 0) is 9.53 Å². The molecule has 1 saturated carbocycles. The highest BCUT2D eigenvalue weighted by Crippen LogP contribution is 2.39. The second kappa shape index (κ2) is 5.02. The summed E-state index contributed by atoms with van der Waals surface area (Å²) in [6.07, 6.45) is 2.78. The molecule has 0 aromatic heterocycles. The molecule has 2 fully saturated rings. The van der Waals surface area contributed by atoms with Crippen molar-refractivity contribution in [1.29, 1.82) is 0 Å². The summed E-state index contributed by atoms with van der Waals surface area (Å²) in [5, 5.41) is 9.08. The summed E-state index contributed by atoms with van der Waals surface area (Å²) in [4.78, 5) is 25.0. The van der Waals surface area contributed by atoms with Crippen LogP contribution in [0.4, 0.5) is 4.79 Å². The van der Waals surface area contributed by atoms with Gasteiger partial charge in [-0.3, -0.25) is 4.79 Å². The molecular formula is C14H23NO4. The van der Waals surface area contributed by atoms with Crippen molar-refractivity contribution < 1.29 is 19.4 Å². The van der Waals surface area contributed by atoms with Gasteiger partial charge in [0.05, 0.1) is 5.92 Å². The Morgan fingerprint density at radius 2 is 1.89 bits per heavy atom. The molecule has 0 spiro atoms. The predicted molar refractivity (Wildman–Crippen MR) is 69.8 cm³/mol. The zero-order chi connectivity index (χ0) is 14.2. The number of carbonyl (C=O) groups excluding carboxylic acids is 1. The first-order valence-electron chi connectivity index (χ1n) is 7.00. The van der Waals surface area contributed by atoms with E-state index in [0.29, 0.717) is 25.3 Å². The van der Waals surface area contributed by atoms with Gasteiger partial charge in [-0.25, -0.2) is 4.79 Å². The Kier molecular flexibility index (Phi) is 3.74. The van der Waals surface area contributed by atoms with E-state index in [9.17, 15) is 9.59 Å². The second-order valence-corrected chi connectivity index (χ2v) is 6.64. The Morgan fingerprint density at radius 3 is 2.47 bits per heavy atom. The molecule has 1 aliphatic heterocycles. The fourth-order valence-electron chi connectivity index (χ4n) is 3.21. The second-order valence-electron chi connectivity index (χ2n) is 6.64. The van der Waals surface area contributed by atoms with E-state index in [0.717, 1.165) is 12.8 Å². The van der Waals surface area contributed by atoms with Gasteiger partial charge in [0.25, 0.3) is 0 Å². The van der Waals surface area contributed by atoms with Crippen molar-refractivity contribution in [2.24, 2.45) is 11.8 Å². The maximum absolute atomic E-state index is 12.1. The molecule has 2 aliphatic rings. The van der Waals surface area contributed by atoms with Crippen molar-refractivity contribution in [1.82, 2.24) is 4.90 Å². The fourth-order valence-corrected chi connectivity index (χ4v) is 3.21. The smallest absolute Gasteiger partial charge is 0.410 e. The summed E-state index contributed by atoms with van der Waals surface area (Å²) in [6, 6.07) is 0.172. The third-order valence-electron chi connectivity index (χ3n) is 4.06. The Balaban J connectivity index is 1.97. The molecule has 0 aromatic rings. The highest BCUT2D eigenvalue weighted by molar-refractivity contribution is 5.71. The molecule has 1 saturated heterocycles. The minimum Gasteiger partial charge on any atom is -0.481 e. The standard InChI is InChI=1S/C14H23NO4/c1-14(2,3)19-13(18)15-7-6-9-8-10(12(16)17)4-5-11(9)15/h9-11H,4-8H2,1-3H3,(H,16,17)/t9-,10-,11+/m0/s1. The van der Waals surface area contributed by atoms with Gasteiger partial charge in [-0.05, 0) is 52.4 Å². The molecular weight excluding hydrogens is 246 g/mol. The molecule has 0 unspecified atom stereocenters. The van der Waals surface area contributed by atoms with E-state index in [1.54, 1.807) is 4.90 Å². The third kappa shape index (κ3) is 3.19. The highest BCUT2D eigenvalue weighted by Gasteiger charge is 2.43. The molecule has 0 aromatic carbocycles. The van der Waals surface area contributed by atoms with Crippen LogP contribution in [0.2, 0.25) is 0 Å². The first kappa shape index (κ1) is 14.2. The van der Waals surface area contributed by atoms with Crippen molar-refractivity contribution in [2.75, 3.05) is 6.54 Å². The molecule has 3 atom stereocenters. The van der Waals surface area contributed by atoms with Gasteiger partial charge in [-0.15, -0.1) is 0 Å². The van der Waals surface area contributed by atoms with E-state index in [1.165, 1.54) is 0 Å². The molecule has 0 bridgehead atoms. The molecule has 1 amide bonds. The number of carboxylic acids is 1. The number of likely N-dealkylation sites (tertiary alicyclic amines) is 1. The van der Waals surface area contributed by atoms with Crippen LogP contribution in [0.1, 0.15) is 46.5 Å². The number of carbonyl (C=O) groups is 2. The van der Waals surface area contributed by atoms with E-state index in [4.69, 9.17) is 9.84 Å². The lowest BCUT2D eigenvalue weighted by atomic mass is 9.78. The number of hydrogen-bond acceptors (Lipinski definition) is 3. The van der Waals surface area contributed by atoms with Crippen molar-refractivity contribution in [3.63, 3.8) is 0 Å². The van der Waals surface area contributed by atoms with Gasteiger partial charge in [0.15, 0.2) is 0 Å². The Hall–Kier alpha value is -1.26. The van der Waals surface area contributed by atoms with Crippen molar-refractivity contribution in [3.05, 3.63) is 0 Å². The first-order chi connectivity index (χ1) is 8.78. The average molecular weight is 269 g/mol. The summed E-state index contributed by atoms with van der Waals surface area (Å²) in [6.45, 7) is 6.27. The van der Waals surface area contributed by atoms with E-state index in [1.807, 2.05) is 20.8 Å². The number of amides is 1. The van der Waals surface area contributed by atoms with Gasteiger partial charge in [-0.2, -0.15) is 0 Å². The maximum Gasteiger partial charge on any atom is 0.410 e. The first-order valence-corrected chi connectivity index (χ1v) is 7.00. The largest absolute Gasteiger partial charge is 0.481 e. The molecule has 1 N–H and O–H groups in total. The van der Waals surface area contributed by atoms with Crippen molar-refractivity contribution in [2.45, 2.75) is 58.1 Å². The Labute approximate surface area is 113 Å². The van der Waals surface area contributed by atoms with Crippen LogP contribution in [-0.4, -0.2) is 40.3 Å². The van der Waals surface area contributed by atoms with Crippen LogP contribution in [0.5, 0.6) is 0 Å². The summed E-state index contributed by atoms with van der Waals surface area (Å²) in [5.41, 5.74) is -0.479. The molecule has 2 rings (SSSR count). The molecule has 0 radical (unpaired) electrons. The molecule has 1 heterocycles. The van der Waals surface area contributed by atoms with Crippen LogP contribution >= 0.6 is 0 Å². The number of fused-ring (bicyclic) bond motifs is 1. The molecule has 108 valence electrons. The molecule has 5 nitrogen and oxygen atoms in total. The van der Waals surface area contributed by atoms with Gasteiger partial charge in [-0.1, -0.05) is 0 Å². The summed E-state index contributed by atoms with van der Waals surface area (Å²) >= 11 is 0. The number of hydrogen-bond donors (Lipinski definition) is 1. The van der Waals surface area contributed by atoms with Gasteiger partial charge >= 0.3 is 12.1 Å². The SMILES string of the molecule is CC(C)(C)OC(=O)N1CC[C@H]2C[C@@H](C(=O)O)CC[C@H]21. The zero-order valence-corrected chi connectivity index (χ0v) is 11.9. The van der Waals surface area contributed by atoms with E-state index >= 15 is 0 Å². The van der Waals surface area contributed by atoms with Crippen LogP contribution in [0.3, 0.4) is 0 Å². The lowest BCUT2D eigenvalue weighted by molar-refractivity contribution is -0.143. The van der Waals surface area contributed by atoms with E-state index < -0.39 is 11.6 Å². The highest BCUT2D eigenvalue weighted by atomic mass is 16.6. The number of carboxylic acid groups (broad SMARTS) is 1. The minimum atomic E-state index is -0.700. The molecule has 19 heavy (non-hydrogen) atoms. The topological polar surface area (TPSA) is 66.8 Å². The third-order valence-corrected chi connectivity index (χ3v) is 4.06. The van der Waals surface area contributed by atoms with Crippen molar-refractivity contribution >= 4 is 12.1 Å². The van der Waals surface area contributed by atoms with E-state index in [-0.39, 0.29) is 18.1 Å². The maximum atomic E-state index is 12.1. The van der Waals surface area contributed by atoms with Crippen LogP contribution in [0.15, 0.2) is 0 Å². The zero-order valence-electron chi connectivity index (χ0n) is 11.9. The monoisotopic (exact) mass is 269 g/mol. The summed E-state index contributed by atoms with van der Waals surface area (Å²) < 4.78 is 5.42. The van der Waals surface area contributed by atoms with Crippen LogP contribution in [0.25, 0.3) is 0 Å². The van der Waals surface area contributed by atoms with Crippen molar-refractivity contribution in [3.8, 4) is 0 Å². The summed E-state index contributed by atoms with van der Waals surface area (Å²) in [7, 11) is 0. The van der Waals surface area contributed by atoms with Crippen LogP contribution in [0, 0.1) is 11.8 Å². The van der Waals surface area contributed by atoms with Gasteiger partial charge in [0.2, 0.25) is 0 Å². The van der Waals surface area contributed by atoms with Crippen LogP contribution < -0.4 is 0 Å². The van der Waals surface area contributed by atoms with Gasteiger partial charge in [0.1, 0.15) is 5.60 Å². The number of ether oxygens (including phenoxy) is 1.